The largest absolute Gasteiger partial charge is 0.507 e. The Hall–Kier alpha value is -1.26. The van der Waals surface area contributed by atoms with Crippen molar-refractivity contribution < 1.29 is 9.90 Å². The lowest BCUT2D eigenvalue weighted by atomic mass is 10.1. The van der Waals surface area contributed by atoms with Crippen LogP contribution in [0.2, 0.25) is 5.02 Å². The van der Waals surface area contributed by atoms with Crippen molar-refractivity contribution in [2.45, 2.75) is 6.04 Å². The van der Waals surface area contributed by atoms with Crippen molar-refractivity contribution in [2.24, 2.45) is 0 Å². The highest BCUT2D eigenvalue weighted by Gasteiger charge is 2.27. The molecule has 2 rings (SSSR count). The predicted molar refractivity (Wildman–Crippen MR) is 61.9 cm³/mol. The summed E-state index contributed by atoms with van der Waals surface area (Å²) >= 11 is 5.80. The molecule has 86 valence electrons. The number of hydrogen-bond donors (Lipinski definition) is 2. The zero-order valence-corrected chi connectivity index (χ0v) is 9.66. The number of rotatable bonds is 2. The molecule has 1 heterocycles. The number of carbonyl (C=O) groups excluding carboxylic acids is 1. The van der Waals surface area contributed by atoms with Gasteiger partial charge < -0.3 is 15.3 Å². The number of likely N-dealkylation sites (N-methyl/N-ethyl adjacent to an activating group) is 1. The summed E-state index contributed by atoms with van der Waals surface area (Å²) in [4.78, 5) is 13.7. The Labute approximate surface area is 98.8 Å². The minimum atomic E-state index is -0.202. The smallest absolute Gasteiger partial charge is 0.257 e. The normalized spacial score (nSPS) is 15.6. The van der Waals surface area contributed by atoms with Gasteiger partial charge in [0.25, 0.3) is 5.91 Å². The molecule has 0 aliphatic carbocycles. The van der Waals surface area contributed by atoms with Gasteiger partial charge in [0.2, 0.25) is 0 Å². The fraction of sp³-hybridized carbons (Fsp3) is 0.364. The Balaban J connectivity index is 2.22. The second-order valence-electron chi connectivity index (χ2n) is 3.89. The first-order valence-corrected chi connectivity index (χ1v) is 5.44. The summed E-state index contributed by atoms with van der Waals surface area (Å²) in [6.45, 7) is 1.59. The number of benzene rings is 1. The zero-order chi connectivity index (χ0) is 11.7. The highest BCUT2D eigenvalue weighted by atomic mass is 35.5. The van der Waals surface area contributed by atoms with Gasteiger partial charge in [-0.3, -0.25) is 4.79 Å². The molecule has 0 radical (unpaired) electrons. The van der Waals surface area contributed by atoms with Crippen LogP contribution in [0.25, 0.3) is 0 Å². The first-order chi connectivity index (χ1) is 7.59. The Kier molecular flexibility index (Phi) is 3.03. The summed E-state index contributed by atoms with van der Waals surface area (Å²) in [5.74, 6) is -0.236. The molecular weight excluding hydrogens is 228 g/mol. The molecule has 16 heavy (non-hydrogen) atoms. The summed E-state index contributed by atoms with van der Waals surface area (Å²) in [5.41, 5.74) is 0.252. The average Bonchev–Trinajstić information content (AvgIpc) is 2.18. The molecule has 1 aromatic rings. The number of halogens is 1. The van der Waals surface area contributed by atoms with Gasteiger partial charge in [0.05, 0.1) is 11.6 Å². The molecule has 1 amide bonds. The van der Waals surface area contributed by atoms with E-state index >= 15 is 0 Å². The second-order valence-corrected chi connectivity index (χ2v) is 4.33. The molecule has 0 saturated carbocycles. The molecule has 1 aliphatic rings. The van der Waals surface area contributed by atoms with Crippen molar-refractivity contribution in [3.63, 3.8) is 0 Å². The minimum absolute atomic E-state index is 0.0338. The Bertz CT molecular complexity index is 418. The second kappa shape index (κ2) is 4.31. The molecule has 5 heteroatoms. The van der Waals surface area contributed by atoms with Crippen LogP contribution in [-0.2, 0) is 0 Å². The number of nitrogens with one attached hydrogen (secondary N) is 1. The molecule has 2 N–H and O–H groups in total. The van der Waals surface area contributed by atoms with Gasteiger partial charge in [-0.05, 0) is 18.2 Å². The minimum Gasteiger partial charge on any atom is -0.507 e. The molecule has 0 unspecified atom stereocenters. The topological polar surface area (TPSA) is 52.6 Å². The Morgan fingerprint density at radius 2 is 2.25 bits per heavy atom. The molecule has 0 bridgehead atoms. The van der Waals surface area contributed by atoms with Crippen LogP contribution in [0.3, 0.4) is 0 Å². The number of phenols is 1. The van der Waals surface area contributed by atoms with Crippen molar-refractivity contribution in [2.75, 3.05) is 20.1 Å². The third-order valence-corrected chi connectivity index (χ3v) is 3.05. The van der Waals surface area contributed by atoms with Crippen LogP contribution in [0.1, 0.15) is 10.4 Å². The van der Waals surface area contributed by atoms with E-state index in [9.17, 15) is 9.90 Å². The molecule has 1 aliphatic heterocycles. The summed E-state index contributed by atoms with van der Waals surface area (Å²) in [7, 11) is 1.73. The maximum atomic E-state index is 12.0. The van der Waals surface area contributed by atoms with E-state index in [0.717, 1.165) is 13.1 Å². The Morgan fingerprint density at radius 1 is 1.56 bits per heavy atom. The quantitative estimate of drug-likeness (QED) is 0.814. The lowest BCUT2D eigenvalue weighted by Gasteiger charge is -2.35. The van der Waals surface area contributed by atoms with Crippen LogP contribution in [0.5, 0.6) is 5.75 Å². The number of nitrogens with zero attached hydrogens (tertiary/aromatic N) is 1. The van der Waals surface area contributed by atoms with E-state index < -0.39 is 0 Å². The summed E-state index contributed by atoms with van der Waals surface area (Å²) in [6.07, 6.45) is 0. The van der Waals surface area contributed by atoms with Crippen molar-refractivity contribution >= 4 is 17.5 Å². The fourth-order valence-corrected chi connectivity index (χ4v) is 1.75. The fourth-order valence-electron chi connectivity index (χ4n) is 1.58. The van der Waals surface area contributed by atoms with Crippen LogP contribution in [-0.4, -0.2) is 42.1 Å². The molecule has 0 spiro atoms. The first-order valence-electron chi connectivity index (χ1n) is 5.06. The van der Waals surface area contributed by atoms with E-state index in [-0.39, 0.29) is 23.3 Å². The van der Waals surface area contributed by atoms with Gasteiger partial charge in [-0.2, -0.15) is 0 Å². The van der Waals surface area contributed by atoms with Crippen molar-refractivity contribution in [1.82, 2.24) is 10.2 Å². The predicted octanol–water partition coefficient (Wildman–Crippen LogP) is 1.09. The van der Waals surface area contributed by atoms with Gasteiger partial charge in [-0.15, -0.1) is 0 Å². The van der Waals surface area contributed by atoms with E-state index in [1.807, 2.05) is 0 Å². The van der Waals surface area contributed by atoms with Gasteiger partial charge in [0.15, 0.2) is 0 Å². The zero-order valence-electron chi connectivity index (χ0n) is 8.90. The van der Waals surface area contributed by atoms with E-state index in [0.29, 0.717) is 5.02 Å². The van der Waals surface area contributed by atoms with Crippen LogP contribution in [0.4, 0.5) is 0 Å². The van der Waals surface area contributed by atoms with E-state index in [4.69, 9.17) is 11.6 Å². The maximum absolute atomic E-state index is 12.0. The number of phenolic OH excluding ortho intramolecular Hbond substituents is 1. The van der Waals surface area contributed by atoms with Crippen LogP contribution >= 0.6 is 11.6 Å². The van der Waals surface area contributed by atoms with Crippen LogP contribution < -0.4 is 5.32 Å². The van der Waals surface area contributed by atoms with Crippen molar-refractivity contribution in [1.29, 1.82) is 0 Å². The van der Waals surface area contributed by atoms with Crippen LogP contribution in [0.15, 0.2) is 18.2 Å². The Morgan fingerprint density at radius 3 is 2.81 bits per heavy atom. The molecule has 1 aromatic carbocycles. The number of amides is 1. The van der Waals surface area contributed by atoms with Gasteiger partial charge in [0.1, 0.15) is 5.75 Å². The number of carbonyl (C=O) groups is 1. The van der Waals surface area contributed by atoms with Gasteiger partial charge >= 0.3 is 0 Å². The summed E-state index contributed by atoms with van der Waals surface area (Å²) in [5, 5.41) is 13.1. The molecule has 1 fully saturated rings. The number of aromatic hydroxyl groups is 1. The monoisotopic (exact) mass is 240 g/mol. The maximum Gasteiger partial charge on any atom is 0.257 e. The van der Waals surface area contributed by atoms with Gasteiger partial charge in [-0.25, -0.2) is 0 Å². The third kappa shape index (κ3) is 1.99. The third-order valence-electron chi connectivity index (χ3n) is 2.82. The lowest BCUT2D eigenvalue weighted by Crippen LogP contribution is -2.57. The van der Waals surface area contributed by atoms with Crippen molar-refractivity contribution in [3.05, 3.63) is 28.8 Å². The molecule has 1 saturated heterocycles. The van der Waals surface area contributed by atoms with Gasteiger partial charge in [-0.1, -0.05) is 11.6 Å². The van der Waals surface area contributed by atoms with Crippen LogP contribution in [0, 0.1) is 0 Å². The van der Waals surface area contributed by atoms with E-state index in [1.54, 1.807) is 18.0 Å². The van der Waals surface area contributed by atoms with Crippen molar-refractivity contribution in [3.8, 4) is 5.75 Å². The SMILES string of the molecule is CN(C(=O)c1cc(Cl)ccc1O)C1CNC1. The highest BCUT2D eigenvalue weighted by Crippen LogP contribution is 2.23. The van der Waals surface area contributed by atoms with E-state index in [1.165, 1.54) is 12.1 Å². The average molecular weight is 241 g/mol. The first kappa shape index (κ1) is 11.2. The molecular formula is C11H13ClN2O2. The highest BCUT2D eigenvalue weighted by molar-refractivity contribution is 6.31. The van der Waals surface area contributed by atoms with E-state index in [2.05, 4.69) is 5.32 Å². The lowest BCUT2D eigenvalue weighted by molar-refractivity contribution is 0.0678. The molecule has 0 atom stereocenters. The summed E-state index contributed by atoms with van der Waals surface area (Å²) < 4.78 is 0. The number of hydrogen-bond acceptors (Lipinski definition) is 3. The molecule has 4 nitrogen and oxygen atoms in total. The van der Waals surface area contributed by atoms with Gasteiger partial charge in [0, 0.05) is 25.2 Å². The molecule has 0 aromatic heterocycles. The standard InChI is InChI=1S/C11H13ClN2O2/c1-14(8-5-13-6-8)11(16)9-4-7(12)2-3-10(9)15/h2-4,8,13,15H,5-6H2,1H3. The summed E-state index contributed by atoms with van der Waals surface area (Å²) in [6, 6.07) is 4.67.